The van der Waals surface area contributed by atoms with Gasteiger partial charge in [0.2, 0.25) is 0 Å². The van der Waals surface area contributed by atoms with E-state index in [9.17, 15) is 4.79 Å². The van der Waals surface area contributed by atoms with E-state index in [1.165, 1.54) is 4.90 Å². The van der Waals surface area contributed by atoms with Crippen molar-refractivity contribution in [3.05, 3.63) is 47.7 Å². The summed E-state index contributed by atoms with van der Waals surface area (Å²) in [6.45, 7) is 3.67. The SMILES string of the molecule is COc1ccc2[nH]c(C(=O)Nc3ccc4c(c3)N3CCN=C3S4)c(C)c2c1. The van der Waals surface area contributed by atoms with Crippen molar-refractivity contribution < 1.29 is 9.53 Å². The number of nitrogens with one attached hydrogen (secondary N) is 2. The Morgan fingerprint density at radius 2 is 2.19 bits per heavy atom. The number of anilines is 2. The van der Waals surface area contributed by atoms with Gasteiger partial charge in [0.1, 0.15) is 11.4 Å². The van der Waals surface area contributed by atoms with Gasteiger partial charge in [-0.1, -0.05) is 0 Å². The van der Waals surface area contributed by atoms with Gasteiger partial charge >= 0.3 is 0 Å². The zero-order valence-electron chi connectivity index (χ0n) is 15.0. The predicted octanol–water partition coefficient (Wildman–Crippen LogP) is 4.02. The molecule has 0 bridgehead atoms. The number of amides is 1. The van der Waals surface area contributed by atoms with E-state index in [2.05, 4.69) is 20.2 Å². The van der Waals surface area contributed by atoms with Crippen LogP contribution in [-0.4, -0.2) is 36.3 Å². The first kappa shape index (κ1) is 16.3. The summed E-state index contributed by atoms with van der Waals surface area (Å²) in [7, 11) is 1.64. The number of methoxy groups -OCH3 is 1. The molecule has 0 aliphatic carbocycles. The standard InChI is InChI=1S/C20H18N4O2S/c1-11-14-10-13(26-2)4-5-15(14)23-18(11)19(25)22-12-3-6-17-16(9-12)24-8-7-21-20(24)27-17/h3-6,9-10,23H,7-8H2,1-2H3,(H,22,25). The molecule has 0 atom stereocenters. The lowest BCUT2D eigenvalue weighted by Crippen LogP contribution is -2.21. The first-order chi connectivity index (χ1) is 13.1. The summed E-state index contributed by atoms with van der Waals surface area (Å²) < 4.78 is 5.29. The number of carbonyl (C=O) groups excluding carboxylic acids is 1. The normalized spacial score (nSPS) is 14.9. The fourth-order valence-corrected chi connectivity index (χ4v) is 4.64. The van der Waals surface area contributed by atoms with Crippen molar-refractivity contribution in [2.45, 2.75) is 11.8 Å². The average molecular weight is 378 g/mol. The molecule has 0 saturated carbocycles. The second kappa shape index (κ2) is 6.06. The van der Waals surface area contributed by atoms with Gasteiger partial charge in [0.25, 0.3) is 5.91 Å². The molecule has 136 valence electrons. The van der Waals surface area contributed by atoms with E-state index < -0.39 is 0 Å². The maximum Gasteiger partial charge on any atom is 0.272 e. The summed E-state index contributed by atoms with van der Waals surface area (Å²) >= 11 is 1.68. The molecule has 2 aromatic carbocycles. The average Bonchev–Trinajstić information content (AvgIpc) is 3.35. The predicted molar refractivity (Wildman–Crippen MR) is 109 cm³/mol. The van der Waals surface area contributed by atoms with Crippen LogP contribution in [0.4, 0.5) is 11.4 Å². The van der Waals surface area contributed by atoms with E-state index in [0.717, 1.165) is 51.8 Å². The largest absolute Gasteiger partial charge is 0.497 e. The van der Waals surface area contributed by atoms with Crippen LogP contribution in [0.1, 0.15) is 16.1 Å². The maximum atomic E-state index is 12.9. The number of H-pyrrole nitrogens is 1. The van der Waals surface area contributed by atoms with Crippen molar-refractivity contribution in [2.75, 3.05) is 30.4 Å². The molecule has 0 fully saturated rings. The molecule has 27 heavy (non-hydrogen) atoms. The quantitative estimate of drug-likeness (QED) is 0.722. The van der Waals surface area contributed by atoms with E-state index >= 15 is 0 Å². The molecule has 5 rings (SSSR count). The topological polar surface area (TPSA) is 69.7 Å². The molecule has 3 aromatic rings. The number of nitrogens with zero attached hydrogens (tertiary/aromatic N) is 2. The fourth-order valence-electron chi connectivity index (χ4n) is 3.58. The minimum Gasteiger partial charge on any atom is -0.497 e. The van der Waals surface area contributed by atoms with Crippen LogP contribution in [0.2, 0.25) is 0 Å². The summed E-state index contributed by atoms with van der Waals surface area (Å²) in [5.41, 5.74) is 4.29. The van der Waals surface area contributed by atoms with E-state index in [1.807, 2.05) is 43.3 Å². The number of hydrogen-bond donors (Lipinski definition) is 2. The van der Waals surface area contributed by atoms with Crippen molar-refractivity contribution in [3.8, 4) is 5.75 Å². The van der Waals surface area contributed by atoms with Crippen LogP contribution in [0.25, 0.3) is 10.9 Å². The fraction of sp³-hybridized carbons (Fsp3) is 0.200. The highest BCUT2D eigenvalue weighted by molar-refractivity contribution is 8.14. The maximum absolute atomic E-state index is 12.9. The zero-order chi connectivity index (χ0) is 18.5. The Balaban J connectivity index is 1.44. The number of benzene rings is 2. The highest BCUT2D eigenvalue weighted by atomic mass is 32.2. The van der Waals surface area contributed by atoms with Crippen LogP contribution in [0.5, 0.6) is 5.75 Å². The van der Waals surface area contributed by atoms with Gasteiger partial charge in [0.05, 0.1) is 19.3 Å². The molecule has 0 spiro atoms. The van der Waals surface area contributed by atoms with E-state index in [0.29, 0.717) is 5.69 Å². The van der Waals surface area contributed by atoms with Gasteiger partial charge in [-0.15, -0.1) is 0 Å². The van der Waals surface area contributed by atoms with Gasteiger partial charge in [0.15, 0.2) is 5.17 Å². The summed E-state index contributed by atoms with van der Waals surface area (Å²) in [5.74, 6) is 0.624. The Bertz CT molecular complexity index is 1120. The second-order valence-electron chi connectivity index (χ2n) is 6.59. The molecule has 2 N–H and O–H groups in total. The molecular weight excluding hydrogens is 360 g/mol. The molecule has 6 nitrogen and oxygen atoms in total. The third-order valence-corrected chi connectivity index (χ3v) is 6.10. The summed E-state index contributed by atoms with van der Waals surface area (Å²) in [6.07, 6.45) is 0. The lowest BCUT2D eigenvalue weighted by Gasteiger charge is -2.13. The van der Waals surface area contributed by atoms with Crippen molar-refractivity contribution >= 4 is 45.1 Å². The Labute approximate surface area is 160 Å². The first-order valence-corrected chi connectivity index (χ1v) is 9.57. The third-order valence-electron chi connectivity index (χ3n) is 5.00. The lowest BCUT2D eigenvalue weighted by molar-refractivity contribution is 0.102. The molecule has 0 saturated heterocycles. The number of aryl methyl sites for hydroxylation is 1. The molecule has 7 heteroatoms. The number of amidine groups is 1. The number of thioether (sulfide) groups is 1. The lowest BCUT2D eigenvalue weighted by atomic mass is 10.1. The summed E-state index contributed by atoms with van der Waals surface area (Å²) in [5, 5.41) is 5.06. The Kier molecular flexibility index (Phi) is 3.65. The van der Waals surface area contributed by atoms with Crippen molar-refractivity contribution in [1.29, 1.82) is 0 Å². The molecule has 2 aliphatic heterocycles. The number of carbonyl (C=O) groups is 1. The number of rotatable bonds is 3. The van der Waals surface area contributed by atoms with Crippen LogP contribution in [0.15, 0.2) is 46.3 Å². The summed E-state index contributed by atoms with van der Waals surface area (Å²) in [4.78, 5) is 24.0. The van der Waals surface area contributed by atoms with Gasteiger partial charge in [-0.25, -0.2) is 0 Å². The number of aromatic nitrogens is 1. The van der Waals surface area contributed by atoms with Gasteiger partial charge in [-0.2, -0.15) is 0 Å². The minimum absolute atomic E-state index is 0.149. The number of fused-ring (bicyclic) bond motifs is 4. The first-order valence-electron chi connectivity index (χ1n) is 8.75. The van der Waals surface area contributed by atoms with Crippen LogP contribution in [0.3, 0.4) is 0 Å². The molecule has 0 radical (unpaired) electrons. The Morgan fingerprint density at radius 3 is 3.04 bits per heavy atom. The molecule has 2 aliphatic rings. The van der Waals surface area contributed by atoms with E-state index in [4.69, 9.17) is 4.74 Å². The van der Waals surface area contributed by atoms with Crippen LogP contribution in [0, 0.1) is 6.92 Å². The van der Waals surface area contributed by atoms with Crippen LogP contribution < -0.4 is 15.0 Å². The van der Waals surface area contributed by atoms with E-state index in [1.54, 1.807) is 18.9 Å². The summed E-state index contributed by atoms with van der Waals surface area (Å²) in [6, 6.07) is 11.8. The minimum atomic E-state index is -0.149. The van der Waals surface area contributed by atoms with Crippen LogP contribution >= 0.6 is 11.8 Å². The number of hydrogen-bond acceptors (Lipinski definition) is 5. The van der Waals surface area contributed by atoms with Gasteiger partial charge < -0.3 is 19.9 Å². The number of aromatic amines is 1. The van der Waals surface area contributed by atoms with Gasteiger partial charge in [-0.05, 0) is 60.6 Å². The second-order valence-corrected chi connectivity index (χ2v) is 7.60. The molecule has 1 amide bonds. The van der Waals surface area contributed by atoms with Crippen molar-refractivity contribution in [1.82, 2.24) is 4.98 Å². The Morgan fingerprint density at radius 1 is 1.30 bits per heavy atom. The Hall–Kier alpha value is -2.93. The smallest absolute Gasteiger partial charge is 0.272 e. The van der Waals surface area contributed by atoms with Gasteiger partial charge in [0, 0.05) is 28.0 Å². The molecule has 1 aromatic heterocycles. The van der Waals surface area contributed by atoms with E-state index in [-0.39, 0.29) is 5.91 Å². The van der Waals surface area contributed by atoms with Crippen LogP contribution in [-0.2, 0) is 0 Å². The van der Waals surface area contributed by atoms with Gasteiger partial charge in [-0.3, -0.25) is 9.79 Å². The third kappa shape index (κ3) is 2.57. The monoisotopic (exact) mass is 378 g/mol. The van der Waals surface area contributed by atoms with Crippen molar-refractivity contribution in [3.63, 3.8) is 0 Å². The molecule has 3 heterocycles. The number of aliphatic imine (C=N–C) groups is 1. The molecular formula is C20H18N4O2S. The highest BCUT2D eigenvalue weighted by Crippen LogP contribution is 2.43. The van der Waals surface area contributed by atoms with Crippen molar-refractivity contribution in [2.24, 2.45) is 4.99 Å². The zero-order valence-corrected chi connectivity index (χ0v) is 15.8. The number of ether oxygens (including phenoxy) is 1. The highest BCUT2D eigenvalue weighted by Gasteiger charge is 2.29. The molecule has 0 unspecified atom stereocenters.